The first-order valence-corrected chi connectivity index (χ1v) is 4.06. The summed E-state index contributed by atoms with van der Waals surface area (Å²) in [5.41, 5.74) is 5.43. The van der Waals surface area contributed by atoms with E-state index < -0.39 is 0 Å². The third kappa shape index (κ3) is 1.72. The van der Waals surface area contributed by atoms with Crippen molar-refractivity contribution in [2.45, 2.75) is 25.0 Å². The number of rotatable bonds is 4. The Morgan fingerprint density at radius 3 is 2.27 bits per heavy atom. The van der Waals surface area contributed by atoms with E-state index in [9.17, 15) is 0 Å². The Hall–Kier alpha value is -0.120. The summed E-state index contributed by atoms with van der Waals surface area (Å²) >= 11 is 0. The molecule has 0 aliphatic heterocycles. The number of ether oxygens (including phenoxy) is 2. The fraction of sp³-hybridized carbons (Fsp3) is 1.00. The summed E-state index contributed by atoms with van der Waals surface area (Å²) in [6.07, 6.45) is 3.09. The van der Waals surface area contributed by atoms with Crippen LogP contribution in [0, 0.1) is 5.92 Å². The van der Waals surface area contributed by atoms with Gasteiger partial charge in [0.05, 0.1) is 0 Å². The summed E-state index contributed by atoms with van der Waals surface area (Å²) in [7, 11) is 3.39. The van der Waals surface area contributed by atoms with Gasteiger partial charge in [-0.15, -0.1) is 0 Å². The Balaban J connectivity index is 2.24. The lowest BCUT2D eigenvalue weighted by Gasteiger charge is -2.45. The molecule has 0 aromatic carbocycles. The molecule has 1 aliphatic rings. The first-order chi connectivity index (χ1) is 5.26. The zero-order chi connectivity index (χ0) is 8.32. The highest BCUT2D eigenvalue weighted by molar-refractivity contribution is 4.87. The molecule has 3 nitrogen and oxygen atoms in total. The van der Waals surface area contributed by atoms with Gasteiger partial charge in [0.1, 0.15) is 0 Å². The minimum atomic E-state index is -0.278. The number of hydrogen-bond donors (Lipinski definition) is 1. The Labute approximate surface area is 67.9 Å². The third-order valence-electron chi connectivity index (χ3n) is 2.52. The molecule has 2 N–H and O–H groups in total. The maximum Gasteiger partial charge on any atom is 0.168 e. The highest BCUT2D eigenvalue weighted by Crippen LogP contribution is 2.42. The Morgan fingerprint density at radius 1 is 1.36 bits per heavy atom. The molecule has 0 bridgehead atoms. The molecular weight excluding hydrogens is 142 g/mol. The molecule has 0 atom stereocenters. The van der Waals surface area contributed by atoms with Gasteiger partial charge in [0, 0.05) is 27.1 Å². The van der Waals surface area contributed by atoms with Crippen molar-refractivity contribution >= 4 is 0 Å². The highest BCUT2D eigenvalue weighted by Gasteiger charge is 2.44. The zero-order valence-electron chi connectivity index (χ0n) is 7.30. The molecule has 0 saturated heterocycles. The van der Waals surface area contributed by atoms with Crippen LogP contribution in [0.15, 0.2) is 0 Å². The van der Waals surface area contributed by atoms with E-state index in [4.69, 9.17) is 15.2 Å². The summed E-state index contributed by atoms with van der Waals surface area (Å²) in [6, 6.07) is 0. The maximum atomic E-state index is 5.43. The van der Waals surface area contributed by atoms with E-state index in [0.717, 1.165) is 25.8 Å². The average Bonchev–Trinajstić information content (AvgIpc) is 1.96. The van der Waals surface area contributed by atoms with Crippen molar-refractivity contribution < 1.29 is 9.47 Å². The summed E-state index contributed by atoms with van der Waals surface area (Å²) in [5.74, 6) is 0.430. The summed E-state index contributed by atoms with van der Waals surface area (Å²) in [6.45, 7) is 0.772. The molecule has 0 aromatic heterocycles. The molecule has 0 spiro atoms. The maximum absolute atomic E-state index is 5.43. The molecule has 3 heteroatoms. The van der Waals surface area contributed by atoms with Crippen molar-refractivity contribution in [3.05, 3.63) is 0 Å². The largest absolute Gasteiger partial charge is 0.353 e. The van der Waals surface area contributed by atoms with E-state index >= 15 is 0 Å². The minimum Gasteiger partial charge on any atom is -0.353 e. The predicted octanol–water partition coefficient (Wildman–Crippen LogP) is 0.734. The average molecular weight is 159 g/mol. The quantitative estimate of drug-likeness (QED) is 0.615. The van der Waals surface area contributed by atoms with Crippen LogP contribution in [0.4, 0.5) is 0 Å². The van der Waals surface area contributed by atoms with Crippen LogP contribution in [-0.2, 0) is 9.47 Å². The lowest BCUT2D eigenvalue weighted by molar-refractivity contribution is -0.270. The van der Waals surface area contributed by atoms with Gasteiger partial charge in [-0.1, -0.05) is 0 Å². The molecule has 0 amide bonds. The number of hydrogen-bond acceptors (Lipinski definition) is 3. The Kier molecular flexibility index (Phi) is 2.87. The van der Waals surface area contributed by atoms with E-state index in [0.29, 0.717) is 5.92 Å². The van der Waals surface area contributed by atoms with Crippen LogP contribution in [0.25, 0.3) is 0 Å². The first kappa shape index (κ1) is 8.97. The van der Waals surface area contributed by atoms with Gasteiger partial charge in [0.2, 0.25) is 0 Å². The van der Waals surface area contributed by atoms with Gasteiger partial charge in [-0.25, -0.2) is 0 Å². The van der Waals surface area contributed by atoms with Gasteiger partial charge in [-0.3, -0.25) is 0 Å². The molecule has 0 radical (unpaired) electrons. The fourth-order valence-corrected chi connectivity index (χ4v) is 1.68. The summed E-state index contributed by atoms with van der Waals surface area (Å²) < 4.78 is 10.5. The van der Waals surface area contributed by atoms with Gasteiger partial charge >= 0.3 is 0 Å². The molecule has 0 heterocycles. The molecule has 1 saturated carbocycles. The summed E-state index contributed by atoms with van der Waals surface area (Å²) in [5, 5.41) is 0. The van der Waals surface area contributed by atoms with Gasteiger partial charge < -0.3 is 15.2 Å². The van der Waals surface area contributed by atoms with Crippen LogP contribution in [0.2, 0.25) is 0 Å². The fourth-order valence-electron chi connectivity index (χ4n) is 1.68. The minimum absolute atomic E-state index is 0.278. The van der Waals surface area contributed by atoms with Gasteiger partial charge in [-0.2, -0.15) is 0 Å². The van der Waals surface area contributed by atoms with Gasteiger partial charge in [-0.05, 0) is 18.9 Å². The SMILES string of the molecule is COC1(OC)CC(CCN)C1. The van der Waals surface area contributed by atoms with E-state index in [-0.39, 0.29) is 5.79 Å². The molecule has 0 unspecified atom stereocenters. The molecule has 1 fully saturated rings. The second-order valence-corrected chi connectivity index (χ2v) is 3.17. The highest BCUT2D eigenvalue weighted by atomic mass is 16.7. The van der Waals surface area contributed by atoms with Crippen molar-refractivity contribution in [1.29, 1.82) is 0 Å². The van der Waals surface area contributed by atoms with Crippen LogP contribution in [0.5, 0.6) is 0 Å². The van der Waals surface area contributed by atoms with Crippen molar-refractivity contribution in [2.24, 2.45) is 11.7 Å². The van der Waals surface area contributed by atoms with Gasteiger partial charge in [0.15, 0.2) is 5.79 Å². The van der Waals surface area contributed by atoms with Crippen LogP contribution < -0.4 is 5.73 Å². The lowest BCUT2D eigenvalue weighted by atomic mass is 9.77. The third-order valence-corrected chi connectivity index (χ3v) is 2.52. The zero-order valence-corrected chi connectivity index (χ0v) is 7.30. The molecule has 1 aliphatic carbocycles. The molecule has 0 aromatic rings. The molecule has 11 heavy (non-hydrogen) atoms. The van der Waals surface area contributed by atoms with Crippen LogP contribution in [0.3, 0.4) is 0 Å². The van der Waals surface area contributed by atoms with Crippen LogP contribution in [-0.4, -0.2) is 26.6 Å². The van der Waals surface area contributed by atoms with E-state index in [1.165, 1.54) is 0 Å². The molecular formula is C8H17NO2. The number of methoxy groups -OCH3 is 2. The van der Waals surface area contributed by atoms with E-state index in [1.807, 2.05) is 0 Å². The molecule has 1 rings (SSSR count). The first-order valence-electron chi connectivity index (χ1n) is 4.06. The standard InChI is InChI=1S/C8H17NO2/c1-10-8(11-2)5-7(6-8)3-4-9/h7H,3-6,9H2,1-2H3. The second kappa shape index (κ2) is 3.52. The van der Waals surface area contributed by atoms with Gasteiger partial charge in [0.25, 0.3) is 0 Å². The predicted molar refractivity (Wildman–Crippen MR) is 43.1 cm³/mol. The Bertz CT molecular complexity index is 115. The van der Waals surface area contributed by atoms with E-state index in [2.05, 4.69) is 0 Å². The van der Waals surface area contributed by atoms with Crippen molar-refractivity contribution in [1.82, 2.24) is 0 Å². The Morgan fingerprint density at radius 2 is 1.91 bits per heavy atom. The van der Waals surface area contributed by atoms with Crippen molar-refractivity contribution in [3.8, 4) is 0 Å². The molecule has 66 valence electrons. The van der Waals surface area contributed by atoms with E-state index in [1.54, 1.807) is 14.2 Å². The van der Waals surface area contributed by atoms with Crippen molar-refractivity contribution in [2.75, 3.05) is 20.8 Å². The topological polar surface area (TPSA) is 44.5 Å². The van der Waals surface area contributed by atoms with Crippen LogP contribution >= 0.6 is 0 Å². The van der Waals surface area contributed by atoms with Crippen molar-refractivity contribution in [3.63, 3.8) is 0 Å². The summed E-state index contributed by atoms with van der Waals surface area (Å²) in [4.78, 5) is 0. The second-order valence-electron chi connectivity index (χ2n) is 3.17. The normalized spacial score (nSPS) is 23.2. The smallest absolute Gasteiger partial charge is 0.168 e. The monoisotopic (exact) mass is 159 g/mol. The lowest BCUT2D eigenvalue weighted by Crippen LogP contribution is -2.47. The number of nitrogens with two attached hydrogens (primary N) is 1. The van der Waals surface area contributed by atoms with Crippen LogP contribution in [0.1, 0.15) is 19.3 Å².